The van der Waals surface area contributed by atoms with Crippen LogP contribution in [0, 0.1) is 5.92 Å². The Morgan fingerprint density at radius 1 is 1.12 bits per heavy atom. The van der Waals surface area contributed by atoms with Crippen LogP contribution < -0.4 is 10.1 Å². The molecule has 1 aromatic rings. The van der Waals surface area contributed by atoms with Gasteiger partial charge in [0.15, 0.2) is 0 Å². The van der Waals surface area contributed by atoms with E-state index < -0.39 is 0 Å². The summed E-state index contributed by atoms with van der Waals surface area (Å²) in [7, 11) is 1.68. The Balaban J connectivity index is 1.40. The van der Waals surface area contributed by atoms with Crippen molar-refractivity contribution in [3.05, 3.63) is 29.8 Å². The standard InChI is InChI=1S/C20H29N3O2/c1-25-18-9-7-16(8-10-18)19(15-5-6-15)21-20(24)23-13-12-22-11-3-2-4-17(22)14-23/h7-10,15,17,19H,2-6,11-14H2,1H3,(H,21,24). The lowest BCUT2D eigenvalue weighted by molar-refractivity contribution is 0.0633. The molecule has 0 radical (unpaired) electrons. The molecule has 2 saturated heterocycles. The number of fused-ring (bicyclic) bond motifs is 1. The predicted molar refractivity (Wildman–Crippen MR) is 97.8 cm³/mol. The molecule has 25 heavy (non-hydrogen) atoms. The minimum atomic E-state index is 0.109. The molecule has 1 saturated carbocycles. The molecular weight excluding hydrogens is 314 g/mol. The quantitative estimate of drug-likeness (QED) is 0.914. The van der Waals surface area contributed by atoms with E-state index in [1.807, 2.05) is 17.0 Å². The molecule has 4 rings (SSSR count). The Labute approximate surface area is 150 Å². The molecule has 1 aliphatic carbocycles. The van der Waals surface area contributed by atoms with Gasteiger partial charge in [-0.2, -0.15) is 0 Å². The number of hydrogen-bond acceptors (Lipinski definition) is 3. The third-order valence-corrected chi connectivity index (χ3v) is 5.97. The molecule has 5 heteroatoms. The summed E-state index contributed by atoms with van der Waals surface area (Å²) >= 11 is 0. The lowest BCUT2D eigenvalue weighted by atomic mass is 9.99. The summed E-state index contributed by atoms with van der Waals surface area (Å²) in [6.07, 6.45) is 6.24. The third-order valence-electron chi connectivity index (χ3n) is 5.97. The van der Waals surface area contributed by atoms with Gasteiger partial charge in [-0.05, 0) is 55.8 Å². The molecule has 1 aromatic carbocycles. The van der Waals surface area contributed by atoms with Crippen molar-refractivity contribution in [1.29, 1.82) is 0 Å². The van der Waals surface area contributed by atoms with E-state index >= 15 is 0 Å². The molecule has 2 heterocycles. The van der Waals surface area contributed by atoms with Crippen molar-refractivity contribution in [1.82, 2.24) is 15.1 Å². The molecule has 5 nitrogen and oxygen atoms in total. The third kappa shape index (κ3) is 3.76. The van der Waals surface area contributed by atoms with Crippen molar-refractivity contribution in [2.24, 2.45) is 5.92 Å². The average molecular weight is 343 g/mol. The fourth-order valence-electron chi connectivity index (χ4n) is 4.28. The van der Waals surface area contributed by atoms with Gasteiger partial charge >= 0.3 is 6.03 Å². The first kappa shape index (κ1) is 16.7. The number of benzene rings is 1. The zero-order valence-corrected chi connectivity index (χ0v) is 15.1. The van der Waals surface area contributed by atoms with Crippen LogP contribution in [-0.2, 0) is 0 Å². The smallest absolute Gasteiger partial charge is 0.317 e. The molecule has 2 unspecified atom stereocenters. The normalized spacial score (nSPS) is 25.2. The van der Waals surface area contributed by atoms with Gasteiger partial charge in [0.05, 0.1) is 13.2 Å². The van der Waals surface area contributed by atoms with Crippen LogP contribution in [0.3, 0.4) is 0 Å². The van der Waals surface area contributed by atoms with Gasteiger partial charge in [-0.15, -0.1) is 0 Å². The first-order valence-corrected chi connectivity index (χ1v) is 9.68. The largest absolute Gasteiger partial charge is 0.497 e. The number of nitrogens with one attached hydrogen (secondary N) is 1. The Bertz CT molecular complexity index is 599. The SMILES string of the molecule is COc1ccc(C(NC(=O)N2CCN3CCCCC3C2)C2CC2)cc1. The van der Waals surface area contributed by atoms with Crippen molar-refractivity contribution in [2.45, 2.75) is 44.2 Å². The first-order valence-electron chi connectivity index (χ1n) is 9.68. The maximum Gasteiger partial charge on any atom is 0.317 e. The van der Waals surface area contributed by atoms with Gasteiger partial charge in [-0.3, -0.25) is 4.90 Å². The minimum absolute atomic E-state index is 0.109. The van der Waals surface area contributed by atoms with Crippen molar-refractivity contribution < 1.29 is 9.53 Å². The van der Waals surface area contributed by atoms with Crippen molar-refractivity contribution in [2.75, 3.05) is 33.3 Å². The van der Waals surface area contributed by atoms with Gasteiger partial charge in [-0.25, -0.2) is 4.79 Å². The van der Waals surface area contributed by atoms with Crippen molar-refractivity contribution in [3.63, 3.8) is 0 Å². The molecule has 1 N–H and O–H groups in total. The van der Waals surface area contributed by atoms with E-state index in [4.69, 9.17) is 4.74 Å². The first-order chi connectivity index (χ1) is 12.2. The Kier molecular flexibility index (Phi) is 4.84. The molecule has 2 amide bonds. The number of piperidine rings is 1. The van der Waals surface area contributed by atoms with Gasteiger partial charge in [-0.1, -0.05) is 18.6 Å². The van der Waals surface area contributed by atoms with Gasteiger partial charge in [0.2, 0.25) is 0 Å². The summed E-state index contributed by atoms with van der Waals surface area (Å²) in [5.74, 6) is 1.44. The van der Waals surface area contributed by atoms with Crippen LogP contribution in [0.4, 0.5) is 4.79 Å². The molecule has 0 spiro atoms. The summed E-state index contributed by atoms with van der Waals surface area (Å²) in [5.41, 5.74) is 1.19. The van der Waals surface area contributed by atoms with Crippen molar-refractivity contribution in [3.8, 4) is 5.75 Å². The van der Waals surface area contributed by atoms with Gasteiger partial charge < -0.3 is 15.0 Å². The molecule has 3 aliphatic rings. The molecule has 2 atom stereocenters. The number of hydrogen-bond donors (Lipinski definition) is 1. The van der Waals surface area contributed by atoms with Crippen LogP contribution >= 0.6 is 0 Å². The molecule has 0 aromatic heterocycles. The number of carbonyl (C=O) groups is 1. The number of ether oxygens (including phenoxy) is 1. The second kappa shape index (κ2) is 7.24. The topological polar surface area (TPSA) is 44.8 Å². The highest BCUT2D eigenvalue weighted by Gasteiger charge is 2.36. The number of carbonyl (C=O) groups excluding carboxylic acids is 1. The van der Waals surface area contributed by atoms with E-state index in [1.54, 1.807) is 7.11 Å². The van der Waals surface area contributed by atoms with E-state index in [2.05, 4.69) is 22.3 Å². The second-order valence-electron chi connectivity index (χ2n) is 7.67. The van der Waals surface area contributed by atoms with E-state index in [0.29, 0.717) is 12.0 Å². The number of methoxy groups -OCH3 is 1. The number of urea groups is 1. The summed E-state index contributed by atoms with van der Waals surface area (Å²) in [5, 5.41) is 3.33. The Morgan fingerprint density at radius 2 is 1.92 bits per heavy atom. The fourth-order valence-corrected chi connectivity index (χ4v) is 4.28. The maximum absolute atomic E-state index is 12.9. The minimum Gasteiger partial charge on any atom is -0.497 e. The monoisotopic (exact) mass is 343 g/mol. The van der Waals surface area contributed by atoms with Crippen LogP contribution in [0.2, 0.25) is 0 Å². The summed E-state index contributed by atoms with van der Waals surface area (Å²) in [6, 6.07) is 8.94. The Hall–Kier alpha value is -1.75. The lowest BCUT2D eigenvalue weighted by Gasteiger charge is -2.44. The lowest BCUT2D eigenvalue weighted by Crippen LogP contribution is -2.58. The molecule has 3 fully saturated rings. The second-order valence-corrected chi connectivity index (χ2v) is 7.67. The molecule has 136 valence electrons. The van der Waals surface area contributed by atoms with Crippen LogP contribution in [0.25, 0.3) is 0 Å². The van der Waals surface area contributed by atoms with Crippen LogP contribution in [0.15, 0.2) is 24.3 Å². The van der Waals surface area contributed by atoms with E-state index in [9.17, 15) is 4.79 Å². The molecular formula is C20H29N3O2. The summed E-state index contributed by atoms with van der Waals surface area (Å²) in [4.78, 5) is 17.5. The summed E-state index contributed by atoms with van der Waals surface area (Å²) in [6.45, 7) is 3.96. The van der Waals surface area contributed by atoms with Crippen LogP contribution in [0.1, 0.15) is 43.7 Å². The highest BCUT2D eigenvalue weighted by Crippen LogP contribution is 2.41. The van der Waals surface area contributed by atoms with Crippen LogP contribution in [0.5, 0.6) is 5.75 Å². The van der Waals surface area contributed by atoms with Gasteiger partial charge in [0, 0.05) is 25.7 Å². The fraction of sp³-hybridized carbons (Fsp3) is 0.650. The maximum atomic E-state index is 12.9. The highest BCUT2D eigenvalue weighted by atomic mass is 16.5. The van der Waals surface area contributed by atoms with Gasteiger partial charge in [0.1, 0.15) is 5.75 Å². The van der Waals surface area contributed by atoms with E-state index in [0.717, 1.165) is 25.4 Å². The van der Waals surface area contributed by atoms with E-state index in [-0.39, 0.29) is 12.1 Å². The number of amides is 2. The number of nitrogens with zero attached hydrogens (tertiary/aromatic N) is 2. The highest BCUT2D eigenvalue weighted by molar-refractivity contribution is 5.75. The van der Waals surface area contributed by atoms with Crippen molar-refractivity contribution >= 4 is 6.03 Å². The molecule has 0 bridgehead atoms. The predicted octanol–water partition coefficient (Wildman–Crippen LogP) is 3.03. The Morgan fingerprint density at radius 3 is 2.64 bits per heavy atom. The summed E-state index contributed by atoms with van der Waals surface area (Å²) < 4.78 is 5.25. The number of piperazine rings is 1. The van der Waals surface area contributed by atoms with E-state index in [1.165, 1.54) is 44.2 Å². The number of rotatable bonds is 4. The average Bonchev–Trinajstić information content (AvgIpc) is 3.51. The molecule has 2 aliphatic heterocycles. The van der Waals surface area contributed by atoms with Gasteiger partial charge in [0.25, 0.3) is 0 Å². The van der Waals surface area contributed by atoms with Crippen LogP contribution in [-0.4, -0.2) is 55.2 Å². The zero-order chi connectivity index (χ0) is 17.2. The zero-order valence-electron chi connectivity index (χ0n) is 15.1.